The predicted octanol–water partition coefficient (Wildman–Crippen LogP) is 4.44. The number of nitrogens with one attached hydrogen (secondary N) is 1. The van der Waals surface area contributed by atoms with Gasteiger partial charge in [0.1, 0.15) is 0 Å². The second-order valence-electron chi connectivity index (χ2n) is 5.82. The molecule has 0 atom stereocenters. The van der Waals surface area contributed by atoms with Crippen molar-refractivity contribution in [2.24, 2.45) is 0 Å². The Labute approximate surface area is 146 Å². The molecule has 1 nitrogen and oxygen atoms in total. The van der Waals surface area contributed by atoms with Crippen LogP contribution in [0.25, 0.3) is 0 Å². The van der Waals surface area contributed by atoms with Crippen LogP contribution in [0.3, 0.4) is 0 Å². The van der Waals surface area contributed by atoms with Gasteiger partial charge < -0.3 is 5.32 Å². The van der Waals surface area contributed by atoms with Crippen molar-refractivity contribution in [1.82, 2.24) is 0 Å². The second kappa shape index (κ2) is 8.13. The molecule has 0 saturated heterocycles. The fourth-order valence-electron chi connectivity index (χ4n) is 3.12. The van der Waals surface area contributed by atoms with Crippen LogP contribution in [0.5, 0.6) is 0 Å². The molecule has 0 bridgehead atoms. The van der Waals surface area contributed by atoms with Crippen LogP contribution < -0.4 is 21.2 Å². The van der Waals surface area contributed by atoms with E-state index in [-0.39, 0.29) is 0 Å². The highest BCUT2D eigenvalue weighted by Crippen LogP contribution is 2.36. The molecule has 0 radical (unpaired) electrons. The van der Waals surface area contributed by atoms with Gasteiger partial charge >= 0.3 is 0 Å². The van der Waals surface area contributed by atoms with Gasteiger partial charge in [0.05, 0.1) is 0 Å². The van der Waals surface area contributed by atoms with Gasteiger partial charge in [-0.1, -0.05) is 92.2 Å². The molecule has 24 heavy (non-hydrogen) atoms. The van der Waals surface area contributed by atoms with Crippen molar-refractivity contribution in [2.45, 2.75) is 19.8 Å². The zero-order valence-corrected chi connectivity index (χ0v) is 15.3. The molecule has 0 unspecified atom stereocenters. The third kappa shape index (κ3) is 3.52. The minimum atomic E-state index is -0.562. The first kappa shape index (κ1) is 16.7. The number of hydrogen-bond donors (Lipinski definition) is 1. The molecule has 3 rings (SSSR count). The molecule has 2 heteroatoms. The molecule has 3 aromatic carbocycles. The number of hydrogen-bond acceptors (Lipinski definition) is 1. The van der Waals surface area contributed by atoms with E-state index in [0.717, 1.165) is 12.8 Å². The number of benzene rings is 3. The van der Waals surface area contributed by atoms with Crippen LogP contribution in [-0.4, -0.2) is 7.05 Å². The summed E-state index contributed by atoms with van der Waals surface area (Å²) in [7, 11) is 1.48. The molecule has 0 aliphatic rings. The van der Waals surface area contributed by atoms with Crippen LogP contribution in [0.4, 0.5) is 5.69 Å². The SMILES string of the molecule is CCCc1cccc(P(c2ccccc2)c2ccccc2)c1NC. The lowest BCUT2D eigenvalue weighted by Gasteiger charge is -2.24. The lowest BCUT2D eigenvalue weighted by atomic mass is 10.1. The Morgan fingerprint density at radius 3 is 1.83 bits per heavy atom. The van der Waals surface area contributed by atoms with E-state index in [9.17, 15) is 0 Å². The van der Waals surface area contributed by atoms with Crippen LogP contribution in [-0.2, 0) is 6.42 Å². The lowest BCUT2D eigenvalue weighted by Crippen LogP contribution is -2.23. The third-order valence-corrected chi connectivity index (χ3v) is 6.65. The molecule has 0 spiro atoms. The van der Waals surface area contributed by atoms with Crippen LogP contribution in [0.2, 0.25) is 0 Å². The molecular weight excluding hydrogens is 309 g/mol. The normalized spacial score (nSPS) is 10.8. The quantitative estimate of drug-likeness (QED) is 0.658. The number of anilines is 1. The highest BCUT2D eigenvalue weighted by atomic mass is 31.1. The Morgan fingerprint density at radius 2 is 1.33 bits per heavy atom. The topological polar surface area (TPSA) is 12.0 Å². The van der Waals surface area contributed by atoms with Gasteiger partial charge in [0.15, 0.2) is 0 Å². The zero-order valence-electron chi connectivity index (χ0n) is 14.4. The van der Waals surface area contributed by atoms with Gasteiger partial charge in [0.2, 0.25) is 0 Å². The van der Waals surface area contributed by atoms with Crippen LogP contribution >= 0.6 is 7.92 Å². The van der Waals surface area contributed by atoms with Crippen molar-refractivity contribution >= 4 is 29.5 Å². The molecule has 0 heterocycles. The van der Waals surface area contributed by atoms with Crippen molar-refractivity contribution in [2.75, 3.05) is 12.4 Å². The summed E-state index contributed by atoms with van der Waals surface area (Å²) >= 11 is 0. The summed E-state index contributed by atoms with van der Waals surface area (Å²) in [6.45, 7) is 2.24. The first-order chi connectivity index (χ1) is 11.8. The summed E-state index contributed by atoms with van der Waals surface area (Å²) in [6.07, 6.45) is 2.27. The molecule has 0 amide bonds. The minimum Gasteiger partial charge on any atom is -0.387 e. The highest BCUT2D eigenvalue weighted by Gasteiger charge is 2.20. The van der Waals surface area contributed by atoms with Crippen LogP contribution in [0.1, 0.15) is 18.9 Å². The number of aryl methyl sites for hydroxylation is 1. The average molecular weight is 333 g/mol. The Hall–Kier alpha value is -2.11. The smallest absolute Gasteiger partial charge is 0.0454 e. The van der Waals surface area contributed by atoms with E-state index >= 15 is 0 Å². The summed E-state index contributed by atoms with van der Waals surface area (Å²) in [4.78, 5) is 0. The summed E-state index contributed by atoms with van der Waals surface area (Å²) in [6, 6.07) is 28.5. The van der Waals surface area contributed by atoms with Gasteiger partial charge in [0.25, 0.3) is 0 Å². The maximum Gasteiger partial charge on any atom is 0.0454 e. The van der Waals surface area contributed by atoms with Crippen molar-refractivity contribution in [1.29, 1.82) is 0 Å². The molecular formula is C22H24NP. The molecule has 0 fully saturated rings. The monoisotopic (exact) mass is 333 g/mol. The molecule has 1 N–H and O–H groups in total. The summed E-state index contributed by atoms with van der Waals surface area (Å²) in [5, 5.41) is 7.68. The molecule has 122 valence electrons. The Morgan fingerprint density at radius 1 is 0.750 bits per heavy atom. The largest absolute Gasteiger partial charge is 0.387 e. The van der Waals surface area contributed by atoms with Gasteiger partial charge in [-0.05, 0) is 30.5 Å². The maximum absolute atomic E-state index is 3.49. The number of para-hydroxylation sites is 1. The summed E-state index contributed by atoms with van der Waals surface area (Å²) in [5.41, 5.74) is 2.72. The van der Waals surface area contributed by atoms with E-state index in [1.807, 2.05) is 7.05 Å². The Kier molecular flexibility index (Phi) is 5.67. The van der Waals surface area contributed by atoms with Gasteiger partial charge in [-0.2, -0.15) is 0 Å². The van der Waals surface area contributed by atoms with E-state index in [0.29, 0.717) is 0 Å². The summed E-state index contributed by atoms with van der Waals surface area (Å²) in [5.74, 6) is 0. The first-order valence-corrected chi connectivity index (χ1v) is 9.89. The molecule has 0 aromatic heterocycles. The van der Waals surface area contributed by atoms with Crippen molar-refractivity contribution < 1.29 is 0 Å². The average Bonchev–Trinajstić information content (AvgIpc) is 2.64. The van der Waals surface area contributed by atoms with E-state index in [1.165, 1.54) is 27.2 Å². The van der Waals surface area contributed by atoms with E-state index in [4.69, 9.17) is 0 Å². The van der Waals surface area contributed by atoms with Crippen LogP contribution in [0, 0.1) is 0 Å². The Balaban J connectivity index is 2.18. The second-order valence-corrected chi connectivity index (χ2v) is 8.00. The Bertz CT molecular complexity index is 729. The minimum absolute atomic E-state index is 0.562. The van der Waals surface area contributed by atoms with E-state index in [2.05, 4.69) is 91.1 Å². The zero-order chi connectivity index (χ0) is 16.8. The molecule has 0 aliphatic heterocycles. The van der Waals surface area contributed by atoms with E-state index < -0.39 is 7.92 Å². The fourth-order valence-corrected chi connectivity index (χ4v) is 5.63. The van der Waals surface area contributed by atoms with Gasteiger partial charge in [-0.15, -0.1) is 0 Å². The van der Waals surface area contributed by atoms with Gasteiger partial charge in [-0.3, -0.25) is 0 Å². The lowest BCUT2D eigenvalue weighted by molar-refractivity contribution is 0.924. The predicted molar refractivity (Wildman–Crippen MR) is 109 cm³/mol. The van der Waals surface area contributed by atoms with Crippen molar-refractivity contribution in [3.8, 4) is 0 Å². The maximum atomic E-state index is 3.49. The molecule has 3 aromatic rings. The standard InChI is InChI=1S/C22H24NP/c1-3-11-18-12-10-17-21(22(18)23-2)24(19-13-6-4-7-14-19)20-15-8-5-9-16-20/h4-10,12-17,23H,3,11H2,1-2H3. The molecule has 0 aliphatic carbocycles. The molecule has 0 saturated carbocycles. The highest BCUT2D eigenvalue weighted by molar-refractivity contribution is 7.80. The van der Waals surface area contributed by atoms with E-state index in [1.54, 1.807) is 0 Å². The number of rotatable bonds is 6. The third-order valence-electron chi connectivity index (χ3n) is 4.17. The van der Waals surface area contributed by atoms with Crippen molar-refractivity contribution in [3.05, 3.63) is 84.4 Å². The fraction of sp³-hybridized carbons (Fsp3) is 0.182. The van der Waals surface area contributed by atoms with Gasteiger partial charge in [-0.25, -0.2) is 0 Å². The van der Waals surface area contributed by atoms with Gasteiger partial charge in [0, 0.05) is 18.0 Å². The first-order valence-electron chi connectivity index (χ1n) is 8.55. The van der Waals surface area contributed by atoms with Crippen LogP contribution in [0.15, 0.2) is 78.9 Å². The van der Waals surface area contributed by atoms with Crippen molar-refractivity contribution in [3.63, 3.8) is 0 Å². The summed E-state index contributed by atoms with van der Waals surface area (Å²) < 4.78 is 0.